The van der Waals surface area contributed by atoms with E-state index in [1.54, 1.807) is 0 Å². The first-order valence-electron chi connectivity index (χ1n) is 12.0. The van der Waals surface area contributed by atoms with Crippen molar-refractivity contribution in [2.45, 2.75) is 50.0 Å². The van der Waals surface area contributed by atoms with Gasteiger partial charge in [0.15, 0.2) is 5.82 Å². The predicted molar refractivity (Wildman–Crippen MR) is 130 cm³/mol. The van der Waals surface area contributed by atoms with Gasteiger partial charge in [-0.15, -0.1) is 10.2 Å². The molecule has 2 aliphatic heterocycles. The molecular formula is C25H28FN5O3S. The van der Waals surface area contributed by atoms with Crippen LogP contribution < -0.4 is 5.32 Å². The Labute approximate surface area is 204 Å². The van der Waals surface area contributed by atoms with Gasteiger partial charge in [0.25, 0.3) is 0 Å². The number of anilines is 1. The van der Waals surface area contributed by atoms with Gasteiger partial charge in [0.05, 0.1) is 0 Å². The van der Waals surface area contributed by atoms with Crippen LogP contribution in [0.4, 0.5) is 10.1 Å². The molecule has 1 aromatic heterocycles. The summed E-state index contributed by atoms with van der Waals surface area (Å²) in [4.78, 5) is 12.5. The molecular weight excluding hydrogens is 469 g/mol. The summed E-state index contributed by atoms with van der Waals surface area (Å²) in [5.41, 5.74) is 1.63. The lowest BCUT2D eigenvalue weighted by atomic mass is 9.97. The number of hydrogen-bond donors (Lipinski definition) is 1. The van der Waals surface area contributed by atoms with Gasteiger partial charge in [0.1, 0.15) is 16.5 Å². The molecule has 0 spiro atoms. The fourth-order valence-electron chi connectivity index (χ4n) is 4.80. The van der Waals surface area contributed by atoms with Gasteiger partial charge >= 0.3 is 0 Å². The Morgan fingerprint density at radius 3 is 2.43 bits per heavy atom. The van der Waals surface area contributed by atoms with Crippen molar-refractivity contribution in [3.63, 3.8) is 0 Å². The number of aromatic nitrogens is 3. The molecule has 5 rings (SSSR count). The zero-order chi connectivity index (χ0) is 24.4. The van der Waals surface area contributed by atoms with Gasteiger partial charge < -0.3 is 9.88 Å². The van der Waals surface area contributed by atoms with Gasteiger partial charge in [-0.2, -0.15) is 4.31 Å². The number of nitrogens with one attached hydrogen (secondary N) is 1. The Bertz CT molecular complexity index is 1320. The summed E-state index contributed by atoms with van der Waals surface area (Å²) in [6.45, 7) is 1.26. The van der Waals surface area contributed by atoms with E-state index in [-0.39, 0.29) is 29.8 Å². The Balaban J connectivity index is 1.20. The first kappa shape index (κ1) is 23.6. The topological polar surface area (TPSA) is 97.2 Å². The van der Waals surface area contributed by atoms with E-state index >= 15 is 0 Å². The van der Waals surface area contributed by atoms with Crippen LogP contribution in [0, 0.1) is 11.7 Å². The molecule has 0 saturated carbocycles. The Hall–Kier alpha value is -3.11. The quantitative estimate of drug-likeness (QED) is 0.578. The average Bonchev–Trinajstić information content (AvgIpc) is 3.12. The summed E-state index contributed by atoms with van der Waals surface area (Å²) < 4.78 is 43.0. The van der Waals surface area contributed by atoms with Crippen molar-refractivity contribution in [3.05, 3.63) is 60.2 Å². The van der Waals surface area contributed by atoms with Crippen molar-refractivity contribution in [2.24, 2.45) is 5.92 Å². The van der Waals surface area contributed by atoms with Gasteiger partial charge in [0.2, 0.25) is 15.9 Å². The van der Waals surface area contributed by atoms with Gasteiger partial charge in [-0.1, -0.05) is 18.6 Å². The number of sulfonamides is 1. The Morgan fingerprint density at radius 2 is 1.69 bits per heavy atom. The number of hydrogen-bond acceptors (Lipinski definition) is 5. The third-order valence-corrected chi connectivity index (χ3v) is 8.73. The van der Waals surface area contributed by atoms with Crippen LogP contribution in [0.3, 0.4) is 0 Å². The maximum atomic E-state index is 14.0. The molecule has 0 radical (unpaired) electrons. The second-order valence-corrected chi connectivity index (χ2v) is 11.0. The maximum absolute atomic E-state index is 14.0. The highest BCUT2D eigenvalue weighted by molar-refractivity contribution is 7.89. The summed E-state index contributed by atoms with van der Waals surface area (Å²) in [7, 11) is -3.92. The van der Waals surface area contributed by atoms with E-state index in [0.717, 1.165) is 49.1 Å². The molecule has 10 heteroatoms. The molecule has 1 amide bonds. The van der Waals surface area contributed by atoms with Gasteiger partial charge in [-0.25, -0.2) is 12.8 Å². The molecule has 1 fully saturated rings. The number of halogens is 1. The van der Waals surface area contributed by atoms with E-state index < -0.39 is 15.8 Å². The lowest BCUT2D eigenvalue weighted by Gasteiger charge is -2.30. The highest BCUT2D eigenvalue weighted by atomic mass is 32.2. The molecule has 35 heavy (non-hydrogen) atoms. The minimum absolute atomic E-state index is 0.142. The number of piperidine rings is 1. The molecule has 3 aromatic rings. The van der Waals surface area contributed by atoms with Crippen molar-refractivity contribution < 1.29 is 17.6 Å². The Morgan fingerprint density at radius 1 is 0.943 bits per heavy atom. The van der Waals surface area contributed by atoms with Gasteiger partial charge in [-0.05, 0) is 62.1 Å². The molecule has 1 N–H and O–H groups in total. The third-order valence-electron chi connectivity index (χ3n) is 6.80. The second kappa shape index (κ2) is 9.87. The fraction of sp³-hybridized carbons (Fsp3) is 0.400. The van der Waals surface area contributed by atoms with Gasteiger partial charge in [0, 0.05) is 43.2 Å². The SMILES string of the molecule is O=C(Nc1ccc(-c2nnc3n2CCCCC3)cc1)C1CCN(S(=O)(=O)c2ccccc2F)CC1. The average molecular weight is 498 g/mol. The van der Waals surface area contributed by atoms with Crippen LogP contribution in [0.5, 0.6) is 0 Å². The maximum Gasteiger partial charge on any atom is 0.245 e. The van der Waals surface area contributed by atoms with Crippen molar-refractivity contribution in [1.29, 1.82) is 0 Å². The smallest absolute Gasteiger partial charge is 0.245 e. The normalized spacial score (nSPS) is 17.5. The first-order chi connectivity index (χ1) is 16.9. The van der Waals surface area contributed by atoms with E-state index in [0.29, 0.717) is 18.5 Å². The second-order valence-electron chi connectivity index (χ2n) is 9.08. The van der Waals surface area contributed by atoms with Gasteiger partial charge in [-0.3, -0.25) is 4.79 Å². The van der Waals surface area contributed by atoms with E-state index in [9.17, 15) is 17.6 Å². The van der Waals surface area contributed by atoms with E-state index in [4.69, 9.17) is 0 Å². The van der Waals surface area contributed by atoms with E-state index in [2.05, 4.69) is 20.1 Å². The first-order valence-corrected chi connectivity index (χ1v) is 13.5. The van der Waals surface area contributed by atoms with Crippen LogP contribution in [-0.4, -0.2) is 46.5 Å². The van der Waals surface area contributed by atoms with Crippen LogP contribution >= 0.6 is 0 Å². The molecule has 8 nitrogen and oxygen atoms in total. The lowest BCUT2D eigenvalue weighted by Crippen LogP contribution is -2.41. The molecule has 184 valence electrons. The molecule has 0 bridgehead atoms. The zero-order valence-corrected chi connectivity index (χ0v) is 20.2. The number of rotatable bonds is 5. The van der Waals surface area contributed by atoms with Crippen molar-refractivity contribution in [3.8, 4) is 11.4 Å². The Kier molecular flexibility index (Phi) is 6.66. The fourth-order valence-corrected chi connectivity index (χ4v) is 6.33. The zero-order valence-electron chi connectivity index (χ0n) is 19.4. The predicted octanol–water partition coefficient (Wildman–Crippen LogP) is 3.85. The summed E-state index contributed by atoms with van der Waals surface area (Å²) in [6.07, 6.45) is 5.15. The van der Waals surface area contributed by atoms with E-state index in [1.165, 1.54) is 28.9 Å². The summed E-state index contributed by atoms with van der Waals surface area (Å²) in [6, 6.07) is 12.9. The number of fused-ring (bicyclic) bond motifs is 1. The molecule has 0 aliphatic carbocycles. The molecule has 0 unspecified atom stereocenters. The number of benzene rings is 2. The highest BCUT2D eigenvalue weighted by Crippen LogP contribution is 2.27. The highest BCUT2D eigenvalue weighted by Gasteiger charge is 2.33. The molecule has 1 saturated heterocycles. The monoisotopic (exact) mass is 497 g/mol. The van der Waals surface area contributed by atoms with Crippen LogP contribution in [0.25, 0.3) is 11.4 Å². The number of nitrogens with zero attached hydrogens (tertiary/aromatic N) is 4. The van der Waals surface area contributed by atoms with Crippen LogP contribution in [0.15, 0.2) is 53.4 Å². The van der Waals surface area contributed by atoms with Crippen LogP contribution in [-0.2, 0) is 27.8 Å². The number of carbonyl (C=O) groups excluding carboxylic acids is 1. The summed E-state index contributed by atoms with van der Waals surface area (Å²) in [5.74, 6) is 0.658. The standard InChI is InChI=1S/C25H28FN5O3S/c26-21-6-3-4-7-22(21)35(33,34)30-16-13-19(14-17-30)25(32)27-20-11-9-18(10-12-20)24-29-28-23-8-2-1-5-15-31(23)24/h3-4,6-7,9-12,19H,1-2,5,8,13-17H2,(H,27,32). The van der Waals surface area contributed by atoms with Crippen LogP contribution in [0.1, 0.15) is 37.9 Å². The largest absolute Gasteiger partial charge is 0.326 e. The number of aryl methyl sites for hydroxylation is 1. The number of carbonyl (C=O) groups is 1. The van der Waals surface area contributed by atoms with Crippen LogP contribution in [0.2, 0.25) is 0 Å². The minimum Gasteiger partial charge on any atom is -0.326 e. The lowest BCUT2D eigenvalue weighted by molar-refractivity contribution is -0.120. The van der Waals surface area contributed by atoms with E-state index in [1.807, 2.05) is 24.3 Å². The molecule has 2 aliphatic rings. The van der Waals surface area contributed by atoms with Crippen molar-refractivity contribution >= 4 is 21.6 Å². The van der Waals surface area contributed by atoms with Crippen molar-refractivity contribution in [2.75, 3.05) is 18.4 Å². The molecule has 2 aromatic carbocycles. The molecule has 0 atom stereocenters. The van der Waals surface area contributed by atoms with Crippen molar-refractivity contribution in [1.82, 2.24) is 19.1 Å². The molecule has 3 heterocycles. The number of amides is 1. The summed E-state index contributed by atoms with van der Waals surface area (Å²) in [5, 5.41) is 11.7. The summed E-state index contributed by atoms with van der Waals surface area (Å²) >= 11 is 0. The minimum atomic E-state index is -3.92. The third kappa shape index (κ3) is 4.85.